The quantitative estimate of drug-likeness (QED) is 0.329. The van der Waals surface area contributed by atoms with Crippen LogP contribution in [0.3, 0.4) is 0 Å². The zero-order chi connectivity index (χ0) is 5.82. The second kappa shape index (κ2) is 10.8. The van der Waals surface area contributed by atoms with E-state index in [2.05, 4.69) is 5.73 Å². The molecule has 0 aromatic rings. The Labute approximate surface area is 106 Å². The number of carbonyl (C=O) groups is 1. The summed E-state index contributed by atoms with van der Waals surface area (Å²) in [4.78, 5) is 9.99. The molecule has 58 valence electrons. The molecule has 0 heterocycles. The van der Waals surface area contributed by atoms with E-state index in [-0.39, 0.29) is 59.8 Å². The number of carbonyl (C=O) groups excluding carboxylic acids is 1. The van der Waals surface area contributed by atoms with E-state index in [1.165, 1.54) is 0 Å². The average molecular weight is 380 g/mol. The molecular weight excluding hydrogens is 375 g/mol. The van der Waals surface area contributed by atoms with Gasteiger partial charge in [-0.15, -0.1) is 5.73 Å². The van der Waals surface area contributed by atoms with Gasteiger partial charge in [0.15, 0.2) is 0 Å². The Hall–Kier alpha value is 0.760. The van der Waals surface area contributed by atoms with Crippen molar-refractivity contribution in [2.45, 2.75) is 0 Å². The molecule has 0 bridgehead atoms. The van der Waals surface area contributed by atoms with Gasteiger partial charge in [-0.2, -0.15) is 0 Å². The van der Waals surface area contributed by atoms with Gasteiger partial charge in [0.2, 0.25) is 0 Å². The molecule has 1 rings (SSSR count). The van der Waals surface area contributed by atoms with Crippen molar-refractivity contribution in [3.05, 3.63) is 36.0 Å². The first-order valence-corrected chi connectivity index (χ1v) is 2.35. The van der Waals surface area contributed by atoms with Gasteiger partial charge in [-0.25, -0.2) is 0 Å². The molecule has 0 N–H and O–H groups in total. The SMILES string of the molecule is O=CC1=CC=C=C[CH]1.[Br-].[Br-].[In]. The van der Waals surface area contributed by atoms with Crippen LogP contribution in [0.25, 0.3) is 0 Å². The average Bonchev–Trinajstić information content (AvgIpc) is 1.90. The third-order valence-electron chi connectivity index (χ3n) is 0.880. The molecule has 0 aromatic heterocycles. The summed E-state index contributed by atoms with van der Waals surface area (Å²) in [6.07, 6.45) is 7.67. The van der Waals surface area contributed by atoms with Crippen molar-refractivity contribution in [2.75, 3.05) is 0 Å². The van der Waals surface area contributed by atoms with Crippen molar-refractivity contribution in [2.24, 2.45) is 0 Å². The van der Waals surface area contributed by atoms with Crippen LogP contribution in [-0.2, 0) is 4.79 Å². The zero-order valence-electron chi connectivity index (χ0n) is 5.63. The molecule has 4 heteroatoms. The summed E-state index contributed by atoms with van der Waals surface area (Å²) in [6.45, 7) is 0. The van der Waals surface area contributed by atoms with Gasteiger partial charge < -0.3 is 34.0 Å². The second-order valence-electron chi connectivity index (χ2n) is 1.45. The fourth-order valence-corrected chi connectivity index (χ4v) is 0.478. The van der Waals surface area contributed by atoms with Crippen LogP contribution in [0.4, 0.5) is 0 Å². The van der Waals surface area contributed by atoms with E-state index in [1.807, 2.05) is 0 Å². The molecule has 0 unspecified atom stereocenters. The molecule has 1 aliphatic rings. The summed E-state index contributed by atoms with van der Waals surface area (Å²) in [7, 11) is 0. The second-order valence-corrected chi connectivity index (χ2v) is 1.45. The summed E-state index contributed by atoms with van der Waals surface area (Å²) < 4.78 is 0. The molecule has 0 saturated carbocycles. The van der Waals surface area contributed by atoms with Gasteiger partial charge in [0.05, 0.1) is 0 Å². The Morgan fingerprint density at radius 3 is 2.18 bits per heavy atom. The minimum Gasteiger partial charge on any atom is -1.00 e. The molecule has 0 saturated heterocycles. The standard InChI is InChI=1S/C7H5O.2BrH.In/c8-6-7-4-2-1-3-5-7;;;/h2-6H;2*1H;/p-2. The molecule has 0 amide bonds. The van der Waals surface area contributed by atoms with Gasteiger partial charge in [-0.05, 0) is 18.2 Å². The van der Waals surface area contributed by atoms with Gasteiger partial charge in [0.1, 0.15) is 6.29 Å². The Morgan fingerprint density at radius 2 is 1.91 bits per heavy atom. The maximum Gasteiger partial charge on any atom is 0.146 e. The van der Waals surface area contributed by atoms with Crippen LogP contribution in [0.2, 0.25) is 0 Å². The largest absolute Gasteiger partial charge is 1.00 e. The minimum absolute atomic E-state index is 0. The Morgan fingerprint density at radius 1 is 1.27 bits per heavy atom. The summed E-state index contributed by atoms with van der Waals surface area (Å²) >= 11 is 0. The van der Waals surface area contributed by atoms with E-state index in [4.69, 9.17) is 0 Å². The molecular formula is C7H5Br2InO-2. The number of halogens is 2. The number of hydrogen-bond acceptors (Lipinski definition) is 1. The molecule has 4 radical (unpaired) electrons. The van der Waals surface area contributed by atoms with Crippen LogP contribution < -0.4 is 34.0 Å². The minimum atomic E-state index is 0. The topological polar surface area (TPSA) is 17.1 Å². The number of allylic oxidation sites excluding steroid dienone is 3. The third-order valence-corrected chi connectivity index (χ3v) is 0.880. The maximum atomic E-state index is 9.99. The van der Waals surface area contributed by atoms with Gasteiger partial charge in [-0.3, -0.25) is 4.79 Å². The van der Waals surface area contributed by atoms with Crippen LogP contribution in [0.15, 0.2) is 29.5 Å². The van der Waals surface area contributed by atoms with E-state index >= 15 is 0 Å². The van der Waals surface area contributed by atoms with Crippen LogP contribution in [-0.4, -0.2) is 32.1 Å². The van der Waals surface area contributed by atoms with E-state index in [0.717, 1.165) is 6.29 Å². The van der Waals surface area contributed by atoms with Crippen molar-refractivity contribution in [1.82, 2.24) is 0 Å². The molecule has 0 spiro atoms. The van der Waals surface area contributed by atoms with E-state index in [1.54, 1.807) is 24.6 Å². The van der Waals surface area contributed by atoms with E-state index < -0.39 is 0 Å². The normalized spacial score (nSPS) is 11.5. The number of hydrogen-bond donors (Lipinski definition) is 0. The van der Waals surface area contributed by atoms with Crippen LogP contribution in [0, 0.1) is 6.42 Å². The molecule has 1 aliphatic carbocycles. The van der Waals surface area contributed by atoms with Crippen LogP contribution in [0.1, 0.15) is 0 Å². The first-order valence-electron chi connectivity index (χ1n) is 2.35. The predicted octanol–water partition coefficient (Wildman–Crippen LogP) is -5.33. The number of rotatable bonds is 1. The number of aldehydes is 1. The van der Waals surface area contributed by atoms with Crippen molar-refractivity contribution in [1.29, 1.82) is 0 Å². The monoisotopic (exact) mass is 378 g/mol. The molecule has 0 aromatic carbocycles. The van der Waals surface area contributed by atoms with Crippen LogP contribution >= 0.6 is 0 Å². The molecule has 11 heavy (non-hydrogen) atoms. The predicted molar refractivity (Wildman–Crippen MR) is 36.9 cm³/mol. The van der Waals surface area contributed by atoms with Crippen molar-refractivity contribution >= 4 is 32.1 Å². The first kappa shape index (κ1) is 17.7. The summed E-state index contributed by atoms with van der Waals surface area (Å²) in [5.41, 5.74) is 3.51. The van der Waals surface area contributed by atoms with Crippen molar-refractivity contribution in [3.63, 3.8) is 0 Å². The van der Waals surface area contributed by atoms with Gasteiger partial charge in [0.25, 0.3) is 0 Å². The summed E-state index contributed by atoms with van der Waals surface area (Å²) in [5.74, 6) is 0. The Balaban J connectivity index is -0.000000213. The summed E-state index contributed by atoms with van der Waals surface area (Å²) in [5, 5.41) is 0. The molecule has 0 aliphatic heterocycles. The fraction of sp³-hybridized carbons (Fsp3) is 0. The first-order chi connectivity index (χ1) is 3.93. The molecule has 0 atom stereocenters. The summed E-state index contributed by atoms with van der Waals surface area (Å²) in [6, 6.07) is 0. The zero-order valence-corrected chi connectivity index (χ0v) is 12.1. The third kappa shape index (κ3) is 7.13. The smallest absolute Gasteiger partial charge is 0.146 e. The van der Waals surface area contributed by atoms with Crippen molar-refractivity contribution < 1.29 is 38.8 Å². The molecule has 0 fully saturated rings. The van der Waals surface area contributed by atoms with E-state index in [0.29, 0.717) is 5.57 Å². The maximum absolute atomic E-state index is 9.99. The van der Waals surface area contributed by atoms with Gasteiger partial charge in [-0.1, -0.05) is 0 Å². The van der Waals surface area contributed by atoms with E-state index in [9.17, 15) is 4.79 Å². The fourth-order valence-electron chi connectivity index (χ4n) is 0.478. The Bertz CT molecular complexity index is 193. The van der Waals surface area contributed by atoms with Crippen LogP contribution in [0.5, 0.6) is 0 Å². The Kier molecular flexibility index (Phi) is 17.4. The van der Waals surface area contributed by atoms with Gasteiger partial charge >= 0.3 is 0 Å². The molecule has 1 nitrogen and oxygen atoms in total. The van der Waals surface area contributed by atoms with Gasteiger partial charge in [0, 0.05) is 37.8 Å². The van der Waals surface area contributed by atoms with Crippen molar-refractivity contribution in [3.8, 4) is 0 Å².